The summed E-state index contributed by atoms with van der Waals surface area (Å²) in [5.41, 5.74) is 7.72. The molecular formula is C11H15NO2. The van der Waals surface area contributed by atoms with Gasteiger partial charge in [-0.25, -0.2) is 0 Å². The molecule has 0 radical (unpaired) electrons. The van der Waals surface area contributed by atoms with E-state index in [2.05, 4.69) is 0 Å². The smallest absolute Gasteiger partial charge is 0.192 e. The lowest BCUT2D eigenvalue weighted by Crippen LogP contribution is -2.22. The molecule has 0 atom stereocenters. The van der Waals surface area contributed by atoms with Crippen LogP contribution in [0.2, 0.25) is 0 Å². The zero-order valence-electron chi connectivity index (χ0n) is 8.32. The van der Waals surface area contributed by atoms with Gasteiger partial charge >= 0.3 is 0 Å². The van der Waals surface area contributed by atoms with Crippen molar-refractivity contribution in [3.05, 3.63) is 35.4 Å². The Labute approximate surface area is 83.8 Å². The maximum atomic E-state index is 5.58. The number of ether oxygens (including phenoxy) is 2. The summed E-state index contributed by atoms with van der Waals surface area (Å²) in [5.74, 6) is -0.578. The maximum absolute atomic E-state index is 5.58. The van der Waals surface area contributed by atoms with Gasteiger partial charge in [-0.3, -0.25) is 0 Å². The van der Waals surface area contributed by atoms with Crippen LogP contribution in [0.15, 0.2) is 24.3 Å². The van der Waals surface area contributed by atoms with Crippen LogP contribution in [0.3, 0.4) is 0 Å². The third-order valence-electron chi connectivity index (χ3n) is 2.53. The van der Waals surface area contributed by atoms with Gasteiger partial charge in [-0.15, -0.1) is 0 Å². The summed E-state index contributed by atoms with van der Waals surface area (Å²) in [4.78, 5) is 0. The van der Waals surface area contributed by atoms with Crippen molar-refractivity contribution in [3.63, 3.8) is 0 Å². The van der Waals surface area contributed by atoms with Crippen LogP contribution in [0.5, 0.6) is 0 Å². The van der Waals surface area contributed by atoms with Crippen LogP contribution in [-0.2, 0) is 21.8 Å². The van der Waals surface area contributed by atoms with Crippen molar-refractivity contribution in [1.29, 1.82) is 0 Å². The first kappa shape index (κ1) is 9.65. The molecule has 3 nitrogen and oxygen atoms in total. The van der Waals surface area contributed by atoms with Crippen molar-refractivity contribution in [3.8, 4) is 0 Å². The Morgan fingerprint density at radius 2 is 2.07 bits per heavy atom. The van der Waals surface area contributed by atoms with Crippen molar-refractivity contribution in [2.24, 2.45) is 5.73 Å². The topological polar surface area (TPSA) is 44.5 Å². The first-order valence-electron chi connectivity index (χ1n) is 4.82. The van der Waals surface area contributed by atoms with E-state index >= 15 is 0 Å². The zero-order chi connectivity index (χ0) is 10.0. The molecule has 1 fully saturated rings. The number of hydrogen-bond donors (Lipinski definition) is 1. The summed E-state index contributed by atoms with van der Waals surface area (Å²) in [6.07, 6.45) is 0. The molecule has 14 heavy (non-hydrogen) atoms. The normalized spacial score (nSPS) is 19.9. The summed E-state index contributed by atoms with van der Waals surface area (Å²) in [6.45, 7) is 3.80. The van der Waals surface area contributed by atoms with E-state index in [1.165, 1.54) is 0 Å². The van der Waals surface area contributed by atoms with Crippen LogP contribution in [0.4, 0.5) is 0 Å². The van der Waals surface area contributed by atoms with Crippen LogP contribution >= 0.6 is 0 Å². The minimum atomic E-state index is -0.578. The summed E-state index contributed by atoms with van der Waals surface area (Å²) in [5, 5.41) is 0. The summed E-state index contributed by atoms with van der Waals surface area (Å²) >= 11 is 0. The third-order valence-corrected chi connectivity index (χ3v) is 2.53. The Kier molecular flexibility index (Phi) is 2.54. The van der Waals surface area contributed by atoms with Gasteiger partial charge in [0.25, 0.3) is 0 Å². The van der Waals surface area contributed by atoms with Crippen molar-refractivity contribution in [2.75, 3.05) is 13.2 Å². The van der Waals surface area contributed by atoms with Gasteiger partial charge in [0, 0.05) is 12.1 Å². The Morgan fingerprint density at radius 3 is 2.71 bits per heavy atom. The van der Waals surface area contributed by atoms with E-state index < -0.39 is 5.79 Å². The van der Waals surface area contributed by atoms with Gasteiger partial charge in [0.1, 0.15) is 0 Å². The number of rotatable bonds is 2. The molecule has 2 rings (SSSR count). The highest BCUT2D eigenvalue weighted by molar-refractivity contribution is 5.26. The Hall–Kier alpha value is -0.900. The molecule has 1 heterocycles. The SMILES string of the molecule is CC1(c2cccc(CN)c2)OCCO1. The van der Waals surface area contributed by atoms with E-state index in [4.69, 9.17) is 15.2 Å². The Morgan fingerprint density at radius 1 is 1.36 bits per heavy atom. The molecule has 0 bridgehead atoms. The first-order chi connectivity index (χ1) is 6.74. The van der Waals surface area contributed by atoms with Gasteiger partial charge in [0.15, 0.2) is 5.79 Å². The molecule has 76 valence electrons. The van der Waals surface area contributed by atoms with E-state index in [1.54, 1.807) is 0 Å². The van der Waals surface area contributed by atoms with Crippen LogP contribution in [0.1, 0.15) is 18.1 Å². The molecule has 1 aliphatic rings. The van der Waals surface area contributed by atoms with Crippen molar-refractivity contribution >= 4 is 0 Å². The molecule has 2 N–H and O–H groups in total. The number of benzene rings is 1. The lowest BCUT2D eigenvalue weighted by molar-refractivity contribution is -0.149. The Balaban J connectivity index is 2.30. The fourth-order valence-corrected chi connectivity index (χ4v) is 1.66. The Bertz CT molecular complexity index is 319. The molecule has 0 saturated carbocycles. The van der Waals surface area contributed by atoms with Gasteiger partial charge in [-0.1, -0.05) is 18.2 Å². The van der Waals surface area contributed by atoms with Gasteiger partial charge in [-0.2, -0.15) is 0 Å². The predicted octanol–water partition coefficient (Wildman–Crippen LogP) is 1.36. The summed E-state index contributed by atoms with van der Waals surface area (Å²) < 4.78 is 11.1. The molecule has 3 heteroatoms. The van der Waals surface area contributed by atoms with E-state index in [1.807, 2.05) is 31.2 Å². The minimum absolute atomic E-state index is 0.546. The van der Waals surface area contributed by atoms with Gasteiger partial charge in [-0.05, 0) is 18.6 Å². The second-order valence-electron chi connectivity index (χ2n) is 3.55. The maximum Gasteiger partial charge on any atom is 0.192 e. The highest BCUT2D eigenvalue weighted by atomic mass is 16.7. The van der Waals surface area contributed by atoms with Gasteiger partial charge in [0.2, 0.25) is 0 Å². The van der Waals surface area contributed by atoms with Gasteiger partial charge in [0.05, 0.1) is 13.2 Å². The van der Waals surface area contributed by atoms with Crippen molar-refractivity contribution in [2.45, 2.75) is 19.3 Å². The van der Waals surface area contributed by atoms with E-state index in [-0.39, 0.29) is 0 Å². The second kappa shape index (κ2) is 3.69. The molecule has 1 saturated heterocycles. The van der Waals surface area contributed by atoms with E-state index in [0.29, 0.717) is 19.8 Å². The first-order valence-corrected chi connectivity index (χ1v) is 4.82. The largest absolute Gasteiger partial charge is 0.344 e. The average Bonchev–Trinajstić information content (AvgIpc) is 2.67. The molecule has 1 aromatic rings. The van der Waals surface area contributed by atoms with Gasteiger partial charge < -0.3 is 15.2 Å². The molecule has 0 spiro atoms. The highest BCUT2D eigenvalue weighted by Gasteiger charge is 2.32. The monoisotopic (exact) mass is 193 g/mol. The molecular weight excluding hydrogens is 178 g/mol. The predicted molar refractivity (Wildman–Crippen MR) is 53.6 cm³/mol. The second-order valence-corrected chi connectivity index (χ2v) is 3.55. The fraction of sp³-hybridized carbons (Fsp3) is 0.455. The number of nitrogens with two attached hydrogens (primary N) is 1. The highest BCUT2D eigenvalue weighted by Crippen LogP contribution is 2.30. The van der Waals surface area contributed by atoms with Crippen LogP contribution in [0.25, 0.3) is 0 Å². The molecule has 0 aliphatic carbocycles. The molecule has 0 aromatic heterocycles. The molecule has 0 amide bonds. The van der Waals surface area contributed by atoms with Crippen LogP contribution in [0, 0.1) is 0 Å². The van der Waals surface area contributed by atoms with E-state index in [0.717, 1.165) is 11.1 Å². The van der Waals surface area contributed by atoms with Crippen molar-refractivity contribution < 1.29 is 9.47 Å². The van der Waals surface area contributed by atoms with E-state index in [9.17, 15) is 0 Å². The number of hydrogen-bond acceptors (Lipinski definition) is 3. The average molecular weight is 193 g/mol. The van der Waals surface area contributed by atoms with Crippen LogP contribution in [-0.4, -0.2) is 13.2 Å². The zero-order valence-corrected chi connectivity index (χ0v) is 8.32. The standard InChI is InChI=1S/C11H15NO2/c1-11(13-5-6-14-11)10-4-2-3-9(7-10)8-12/h2-4,7H,5-6,8,12H2,1H3. The summed E-state index contributed by atoms with van der Waals surface area (Å²) in [7, 11) is 0. The van der Waals surface area contributed by atoms with Crippen molar-refractivity contribution in [1.82, 2.24) is 0 Å². The molecule has 0 unspecified atom stereocenters. The quantitative estimate of drug-likeness (QED) is 0.771. The molecule has 1 aromatic carbocycles. The lowest BCUT2D eigenvalue weighted by Gasteiger charge is -2.23. The van der Waals surface area contributed by atoms with Crippen LogP contribution < -0.4 is 5.73 Å². The molecule has 1 aliphatic heterocycles. The summed E-state index contributed by atoms with van der Waals surface area (Å²) in [6, 6.07) is 8.02. The minimum Gasteiger partial charge on any atom is -0.344 e. The third kappa shape index (κ3) is 1.66. The lowest BCUT2D eigenvalue weighted by atomic mass is 10.0. The fourth-order valence-electron chi connectivity index (χ4n) is 1.66.